The SMILES string of the molecule is COc1cc(/C=C2\N=C(c3ccc(F)cc3)OC2=O)cc(I)c1OCC(=O)c1ccccc1. The van der Waals surface area contributed by atoms with Crippen LogP contribution < -0.4 is 9.47 Å². The minimum atomic E-state index is -0.614. The molecule has 1 heterocycles. The Kier molecular flexibility index (Phi) is 6.83. The highest BCUT2D eigenvalue weighted by atomic mass is 127. The number of nitrogens with zero attached hydrogens (tertiary/aromatic N) is 1. The van der Waals surface area contributed by atoms with Gasteiger partial charge in [0.25, 0.3) is 0 Å². The molecule has 0 N–H and O–H groups in total. The molecule has 0 bridgehead atoms. The van der Waals surface area contributed by atoms with E-state index >= 15 is 0 Å². The molecular formula is C25H17FINO5. The van der Waals surface area contributed by atoms with Crippen molar-refractivity contribution in [2.45, 2.75) is 0 Å². The number of halogens is 2. The first kappa shape index (κ1) is 22.7. The lowest BCUT2D eigenvalue weighted by molar-refractivity contribution is -0.129. The van der Waals surface area contributed by atoms with Crippen LogP contribution in [-0.2, 0) is 9.53 Å². The number of Topliss-reactive ketones (excluding diaryl/α,β-unsaturated/α-hetero) is 1. The van der Waals surface area contributed by atoms with Crippen LogP contribution in [0.1, 0.15) is 21.5 Å². The summed E-state index contributed by atoms with van der Waals surface area (Å²) in [7, 11) is 1.49. The number of methoxy groups -OCH3 is 1. The van der Waals surface area contributed by atoms with Gasteiger partial charge in [0, 0.05) is 11.1 Å². The molecule has 0 saturated heterocycles. The molecule has 0 atom stereocenters. The van der Waals surface area contributed by atoms with Gasteiger partial charge < -0.3 is 14.2 Å². The lowest BCUT2D eigenvalue weighted by Gasteiger charge is -2.13. The van der Waals surface area contributed by atoms with E-state index in [9.17, 15) is 14.0 Å². The summed E-state index contributed by atoms with van der Waals surface area (Å²) in [5.41, 5.74) is 1.78. The molecule has 3 aromatic carbocycles. The van der Waals surface area contributed by atoms with Gasteiger partial charge >= 0.3 is 5.97 Å². The number of cyclic esters (lactones) is 1. The fraction of sp³-hybridized carbons (Fsp3) is 0.0800. The fourth-order valence-electron chi connectivity index (χ4n) is 3.09. The quantitative estimate of drug-likeness (QED) is 0.176. The van der Waals surface area contributed by atoms with Gasteiger partial charge in [-0.2, -0.15) is 0 Å². The first-order valence-electron chi connectivity index (χ1n) is 9.81. The van der Waals surface area contributed by atoms with Crippen molar-refractivity contribution >= 4 is 46.3 Å². The molecule has 8 heteroatoms. The van der Waals surface area contributed by atoms with Crippen LogP contribution in [0, 0.1) is 9.39 Å². The molecular weight excluding hydrogens is 540 g/mol. The van der Waals surface area contributed by atoms with Crippen molar-refractivity contribution in [3.63, 3.8) is 0 Å². The Morgan fingerprint density at radius 2 is 1.85 bits per heavy atom. The summed E-state index contributed by atoms with van der Waals surface area (Å²) in [4.78, 5) is 28.9. The third-order valence-corrected chi connectivity index (χ3v) is 5.51. The minimum absolute atomic E-state index is 0.0973. The zero-order chi connectivity index (χ0) is 23.4. The lowest BCUT2D eigenvalue weighted by atomic mass is 10.1. The molecule has 1 aliphatic rings. The highest BCUT2D eigenvalue weighted by Crippen LogP contribution is 2.35. The molecule has 166 valence electrons. The Morgan fingerprint density at radius 1 is 1.12 bits per heavy atom. The molecule has 0 spiro atoms. The highest BCUT2D eigenvalue weighted by Gasteiger charge is 2.24. The first-order chi connectivity index (χ1) is 15.9. The number of ketones is 1. The maximum absolute atomic E-state index is 13.1. The van der Waals surface area contributed by atoms with Crippen LogP contribution in [0.4, 0.5) is 4.39 Å². The van der Waals surface area contributed by atoms with Gasteiger partial charge in [0.2, 0.25) is 5.90 Å². The number of esters is 1. The summed E-state index contributed by atoms with van der Waals surface area (Å²) in [6.45, 7) is -0.144. The van der Waals surface area contributed by atoms with Gasteiger partial charge in [-0.25, -0.2) is 14.2 Å². The number of carbonyl (C=O) groups excluding carboxylic acids is 2. The van der Waals surface area contributed by atoms with Gasteiger partial charge in [-0.15, -0.1) is 0 Å². The smallest absolute Gasteiger partial charge is 0.363 e. The monoisotopic (exact) mass is 557 g/mol. The van der Waals surface area contributed by atoms with Crippen molar-refractivity contribution in [1.29, 1.82) is 0 Å². The Morgan fingerprint density at radius 3 is 2.55 bits per heavy atom. The molecule has 0 unspecified atom stereocenters. The van der Waals surface area contributed by atoms with E-state index in [1.807, 2.05) is 6.07 Å². The number of aliphatic imine (C=N–C) groups is 1. The van der Waals surface area contributed by atoms with E-state index < -0.39 is 11.8 Å². The van der Waals surface area contributed by atoms with E-state index in [2.05, 4.69) is 27.6 Å². The Labute approximate surface area is 202 Å². The van der Waals surface area contributed by atoms with Gasteiger partial charge in [0.05, 0.1) is 10.7 Å². The summed E-state index contributed by atoms with van der Waals surface area (Å²) < 4.78 is 30.2. The molecule has 0 saturated carbocycles. The molecule has 0 aromatic heterocycles. The standard InChI is InChI=1S/C25H17FINO5/c1-31-22-13-15(11-19(27)23(22)32-14-21(29)16-5-3-2-4-6-16)12-20-25(30)33-24(28-20)17-7-9-18(26)10-8-17/h2-13H,14H2,1H3/b20-12-. The molecule has 0 amide bonds. The lowest BCUT2D eigenvalue weighted by Crippen LogP contribution is -2.12. The Hall–Kier alpha value is -3.53. The molecule has 4 rings (SSSR count). The molecule has 6 nitrogen and oxygen atoms in total. The van der Waals surface area contributed by atoms with Gasteiger partial charge in [-0.05, 0) is 70.6 Å². The van der Waals surface area contributed by atoms with Crippen LogP contribution in [0.2, 0.25) is 0 Å². The largest absolute Gasteiger partial charge is 0.493 e. The van der Waals surface area contributed by atoms with Crippen LogP contribution in [0.5, 0.6) is 11.5 Å². The normalized spacial score (nSPS) is 14.1. The average Bonchev–Trinajstić information content (AvgIpc) is 3.18. The Bertz CT molecular complexity index is 1270. The van der Waals surface area contributed by atoms with Gasteiger partial charge in [-0.3, -0.25) is 4.79 Å². The zero-order valence-corrected chi connectivity index (χ0v) is 19.5. The summed E-state index contributed by atoms with van der Waals surface area (Å²) in [6.07, 6.45) is 1.56. The van der Waals surface area contributed by atoms with Crippen LogP contribution in [0.15, 0.2) is 77.4 Å². The van der Waals surface area contributed by atoms with E-state index in [0.717, 1.165) is 0 Å². The summed E-state index contributed by atoms with van der Waals surface area (Å²) in [6, 6.07) is 17.8. The Balaban J connectivity index is 1.56. The van der Waals surface area contributed by atoms with Crippen LogP contribution in [0.25, 0.3) is 6.08 Å². The summed E-state index contributed by atoms with van der Waals surface area (Å²) in [5, 5.41) is 0. The van der Waals surface area contributed by atoms with Crippen LogP contribution in [0.3, 0.4) is 0 Å². The van der Waals surface area contributed by atoms with E-state index in [1.54, 1.807) is 42.5 Å². The van der Waals surface area contributed by atoms with E-state index in [-0.39, 0.29) is 24.0 Å². The predicted molar refractivity (Wildman–Crippen MR) is 129 cm³/mol. The minimum Gasteiger partial charge on any atom is -0.493 e. The highest BCUT2D eigenvalue weighted by molar-refractivity contribution is 14.1. The van der Waals surface area contributed by atoms with Gasteiger partial charge in [0.1, 0.15) is 5.82 Å². The molecule has 3 aromatic rings. The fourth-order valence-corrected chi connectivity index (χ4v) is 3.87. The molecule has 0 radical (unpaired) electrons. The van der Waals surface area contributed by atoms with Crippen LogP contribution in [-0.4, -0.2) is 31.4 Å². The zero-order valence-electron chi connectivity index (χ0n) is 17.4. The predicted octanol–water partition coefficient (Wildman–Crippen LogP) is 5.05. The number of hydrogen-bond acceptors (Lipinski definition) is 6. The van der Waals surface area contributed by atoms with Gasteiger partial charge in [-0.1, -0.05) is 30.3 Å². The third-order valence-electron chi connectivity index (χ3n) is 4.71. The van der Waals surface area contributed by atoms with Gasteiger partial charge in [0.15, 0.2) is 29.6 Å². The van der Waals surface area contributed by atoms with Crippen molar-refractivity contribution in [3.05, 3.63) is 98.5 Å². The second kappa shape index (κ2) is 9.95. The topological polar surface area (TPSA) is 74.2 Å². The van der Waals surface area contributed by atoms with Crippen molar-refractivity contribution in [2.75, 3.05) is 13.7 Å². The second-order valence-electron chi connectivity index (χ2n) is 6.95. The van der Waals surface area contributed by atoms with E-state index in [0.29, 0.717) is 31.8 Å². The molecule has 1 aliphatic heterocycles. The van der Waals surface area contributed by atoms with E-state index in [1.165, 1.54) is 31.4 Å². The number of hydrogen-bond donors (Lipinski definition) is 0. The summed E-state index contributed by atoms with van der Waals surface area (Å²) >= 11 is 2.07. The summed E-state index contributed by atoms with van der Waals surface area (Å²) in [5.74, 6) is -0.230. The van der Waals surface area contributed by atoms with Crippen molar-refractivity contribution in [2.24, 2.45) is 4.99 Å². The second-order valence-corrected chi connectivity index (χ2v) is 8.12. The maximum Gasteiger partial charge on any atom is 0.363 e. The van der Waals surface area contributed by atoms with E-state index in [4.69, 9.17) is 14.2 Å². The first-order valence-corrected chi connectivity index (χ1v) is 10.9. The molecule has 0 fully saturated rings. The number of ether oxygens (including phenoxy) is 3. The van der Waals surface area contributed by atoms with Crippen molar-refractivity contribution in [1.82, 2.24) is 0 Å². The number of carbonyl (C=O) groups is 2. The van der Waals surface area contributed by atoms with Crippen molar-refractivity contribution < 1.29 is 28.2 Å². The number of rotatable bonds is 7. The average molecular weight is 557 g/mol. The number of benzene rings is 3. The molecule has 33 heavy (non-hydrogen) atoms. The third kappa shape index (κ3) is 5.28. The van der Waals surface area contributed by atoms with Crippen LogP contribution >= 0.6 is 22.6 Å². The maximum atomic E-state index is 13.1. The van der Waals surface area contributed by atoms with Crippen molar-refractivity contribution in [3.8, 4) is 11.5 Å². The molecule has 0 aliphatic carbocycles.